The van der Waals surface area contributed by atoms with Gasteiger partial charge < -0.3 is 10.0 Å². The predicted molar refractivity (Wildman–Crippen MR) is 56.2 cm³/mol. The van der Waals surface area contributed by atoms with Crippen molar-refractivity contribution in [2.24, 2.45) is 0 Å². The predicted octanol–water partition coefficient (Wildman–Crippen LogP) is 1.99. The third-order valence-corrected chi connectivity index (χ3v) is 2.28. The summed E-state index contributed by atoms with van der Waals surface area (Å²) < 4.78 is 13.0. The van der Waals surface area contributed by atoms with Gasteiger partial charge in [0.15, 0.2) is 0 Å². The molecule has 3 heteroatoms. The monoisotopic (exact) mass is 197 g/mol. The van der Waals surface area contributed by atoms with E-state index in [-0.39, 0.29) is 18.3 Å². The summed E-state index contributed by atoms with van der Waals surface area (Å²) in [5.41, 5.74) is 1.80. The van der Waals surface area contributed by atoms with Crippen LogP contribution in [0.25, 0.3) is 0 Å². The van der Waals surface area contributed by atoms with Crippen molar-refractivity contribution in [2.45, 2.75) is 12.8 Å². The molecule has 14 heavy (non-hydrogen) atoms. The molecule has 1 aromatic rings. The van der Waals surface area contributed by atoms with E-state index in [1.54, 1.807) is 6.07 Å². The highest BCUT2D eigenvalue weighted by Gasteiger charge is 2.11. The molecule has 0 heterocycles. The Morgan fingerprint density at radius 1 is 1.43 bits per heavy atom. The number of hydrogen-bond donors (Lipinski definition) is 1. The molecule has 0 fully saturated rings. The standard InChI is InChI=1S/C11H16FNO/c1-8(7-14)10-6-9(12)4-5-11(10)13(2)3/h4-6,8,14H,7H2,1-3H3. The summed E-state index contributed by atoms with van der Waals surface area (Å²) >= 11 is 0. The molecule has 1 atom stereocenters. The number of benzene rings is 1. The van der Waals surface area contributed by atoms with Gasteiger partial charge in [-0.1, -0.05) is 6.92 Å². The lowest BCUT2D eigenvalue weighted by Gasteiger charge is -2.20. The Balaban J connectivity index is 3.15. The molecule has 0 aliphatic rings. The van der Waals surface area contributed by atoms with Gasteiger partial charge in [-0.3, -0.25) is 0 Å². The molecule has 1 N–H and O–H groups in total. The summed E-state index contributed by atoms with van der Waals surface area (Å²) in [7, 11) is 3.81. The SMILES string of the molecule is CC(CO)c1cc(F)ccc1N(C)C. The van der Waals surface area contributed by atoms with Crippen LogP contribution in [0.15, 0.2) is 18.2 Å². The zero-order valence-electron chi connectivity index (χ0n) is 8.79. The van der Waals surface area contributed by atoms with Crippen LogP contribution in [0.5, 0.6) is 0 Å². The van der Waals surface area contributed by atoms with Gasteiger partial charge in [-0.2, -0.15) is 0 Å². The van der Waals surface area contributed by atoms with E-state index in [2.05, 4.69) is 0 Å². The first kappa shape index (κ1) is 11.0. The zero-order chi connectivity index (χ0) is 10.7. The highest BCUT2D eigenvalue weighted by Crippen LogP contribution is 2.26. The number of anilines is 1. The average Bonchev–Trinajstić information content (AvgIpc) is 2.16. The van der Waals surface area contributed by atoms with E-state index in [1.807, 2.05) is 25.9 Å². The lowest BCUT2D eigenvalue weighted by Crippen LogP contribution is -2.13. The van der Waals surface area contributed by atoms with Crippen molar-refractivity contribution in [3.8, 4) is 0 Å². The first-order valence-corrected chi connectivity index (χ1v) is 4.64. The number of aliphatic hydroxyl groups is 1. The number of nitrogens with zero attached hydrogens (tertiary/aromatic N) is 1. The van der Waals surface area contributed by atoms with E-state index in [0.29, 0.717) is 0 Å². The summed E-state index contributed by atoms with van der Waals surface area (Å²) in [5, 5.41) is 9.04. The lowest BCUT2D eigenvalue weighted by atomic mass is 9.99. The lowest BCUT2D eigenvalue weighted by molar-refractivity contribution is 0.273. The summed E-state index contributed by atoms with van der Waals surface area (Å²) in [6.07, 6.45) is 0. The maximum Gasteiger partial charge on any atom is 0.123 e. The van der Waals surface area contributed by atoms with E-state index < -0.39 is 0 Å². The van der Waals surface area contributed by atoms with Crippen LogP contribution in [0.2, 0.25) is 0 Å². The van der Waals surface area contributed by atoms with Crippen LogP contribution in [0.1, 0.15) is 18.4 Å². The Bertz CT molecular complexity index is 312. The van der Waals surface area contributed by atoms with Gasteiger partial charge in [0, 0.05) is 32.3 Å². The molecule has 0 amide bonds. The highest BCUT2D eigenvalue weighted by molar-refractivity contribution is 5.54. The van der Waals surface area contributed by atoms with Gasteiger partial charge in [0.05, 0.1) is 0 Å². The highest BCUT2D eigenvalue weighted by atomic mass is 19.1. The first-order valence-electron chi connectivity index (χ1n) is 4.64. The number of hydrogen-bond acceptors (Lipinski definition) is 2. The second-order valence-electron chi connectivity index (χ2n) is 3.68. The van der Waals surface area contributed by atoms with Gasteiger partial charge in [0.2, 0.25) is 0 Å². The first-order chi connectivity index (χ1) is 6.56. The quantitative estimate of drug-likeness (QED) is 0.801. The molecule has 0 radical (unpaired) electrons. The summed E-state index contributed by atoms with van der Waals surface area (Å²) in [5.74, 6) is -0.297. The molecule has 1 aromatic carbocycles. The van der Waals surface area contributed by atoms with E-state index in [1.165, 1.54) is 12.1 Å². The molecule has 2 nitrogen and oxygen atoms in total. The molecular formula is C11H16FNO. The Labute approximate surface area is 84.0 Å². The molecule has 0 saturated carbocycles. The van der Waals surface area contributed by atoms with Crippen LogP contribution in [0.3, 0.4) is 0 Å². The molecule has 0 aliphatic carbocycles. The van der Waals surface area contributed by atoms with Crippen molar-refractivity contribution in [2.75, 3.05) is 25.6 Å². The molecule has 0 saturated heterocycles. The minimum absolute atomic E-state index is 0.0320. The van der Waals surface area contributed by atoms with E-state index in [0.717, 1.165) is 11.3 Å². The van der Waals surface area contributed by atoms with Gasteiger partial charge in [0.25, 0.3) is 0 Å². The Morgan fingerprint density at radius 3 is 2.57 bits per heavy atom. The number of halogens is 1. The number of rotatable bonds is 3. The summed E-state index contributed by atoms with van der Waals surface area (Å²) in [4.78, 5) is 1.92. The van der Waals surface area contributed by atoms with Gasteiger partial charge in [-0.05, 0) is 23.8 Å². The third kappa shape index (κ3) is 2.23. The fourth-order valence-corrected chi connectivity index (χ4v) is 1.43. The fourth-order valence-electron chi connectivity index (χ4n) is 1.43. The summed E-state index contributed by atoms with van der Waals surface area (Å²) in [6, 6.07) is 4.65. The van der Waals surface area contributed by atoms with Crippen molar-refractivity contribution in [3.63, 3.8) is 0 Å². The maximum atomic E-state index is 13.0. The van der Waals surface area contributed by atoms with E-state index >= 15 is 0 Å². The van der Waals surface area contributed by atoms with Gasteiger partial charge in [-0.15, -0.1) is 0 Å². The molecule has 1 rings (SSSR count). The van der Waals surface area contributed by atoms with Crippen LogP contribution in [0, 0.1) is 5.82 Å². The van der Waals surface area contributed by atoms with Crippen molar-refractivity contribution >= 4 is 5.69 Å². The van der Waals surface area contributed by atoms with Crippen LogP contribution in [-0.2, 0) is 0 Å². The Morgan fingerprint density at radius 2 is 2.07 bits per heavy atom. The van der Waals surface area contributed by atoms with Crippen LogP contribution in [-0.4, -0.2) is 25.8 Å². The fraction of sp³-hybridized carbons (Fsp3) is 0.455. The zero-order valence-corrected chi connectivity index (χ0v) is 8.79. The second kappa shape index (κ2) is 4.42. The van der Waals surface area contributed by atoms with Gasteiger partial charge in [0.1, 0.15) is 5.82 Å². The largest absolute Gasteiger partial charge is 0.396 e. The smallest absolute Gasteiger partial charge is 0.123 e. The topological polar surface area (TPSA) is 23.5 Å². The Kier molecular flexibility index (Phi) is 3.47. The van der Waals surface area contributed by atoms with Gasteiger partial charge in [-0.25, -0.2) is 4.39 Å². The molecule has 0 aromatic heterocycles. The van der Waals surface area contributed by atoms with E-state index in [9.17, 15) is 4.39 Å². The van der Waals surface area contributed by atoms with Crippen LogP contribution < -0.4 is 4.90 Å². The molecule has 0 bridgehead atoms. The van der Waals surface area contributed by atoms with Crippen molar-refractivity contribution < 1.29 is 9.50 Å². The Hall–Kier alpha value is -1.09. The molecule has 0 spiro atoms. The molecule has 78 valence electrons. The van der Waals surface area contributed by atoms with Gasteiger partial charge >= 0.3 is 0 Å². The average molecular weight is 197 g/mol. The minimum Gasteiger partial charge on any atom is -0.396 e. The molecular weight excluding hydrogens is 181 g/mol. The molecule has 1 unspecified atom stereocenters. The normalized spacial score (nSPS) is 12.6. The van der Waals surface area contributed by atoms with Crippen molar-refractivity contribution in [1.29, 1.82) is 0 Å². The summed E-state index contributed by atoms with van der Waals surface area (Å²) in [6.45, 7) is 1.91. The van der Waals surface area contributed by atoms with Crippen molar-refractivity contribution in [1.82, 2.24) is 0 Å². The maximum absolute atomic E-state index is 13.0. The van der Waals surface area contributed by atoms with Crippen LogP contribution >= 0.6 is 0 Å². The van der Waals surface area contributed by atoms with E-state index in [4.69, 9.17) is 5.11 Å². The minimum atomic E-state index is -0.258. The molecule has 0 aliphatic heterocycles. The third-order valence-electron chi connectivity index (χ3n) is 2.28. The number of aliphatic hydroxyl groups excluding tert-OH is 1. The van der Waals surface area contributed by atoms with Crippen molar-refractivity contribution in [3.05, 3.63) is 29.6 Å². The van der Waals surface area contributed by atoms with Crippen LogP contribution in [0.4, 0.5) is 10.1 Å². The second-order valence-corrected chi connectivity index (χ2v) is 3.68.